The molecule has 198 valence electrons. The zero-order valence-electron chi connectivity index (χ0n) is 20.0. The van der Waals surface area contributed by atoms with Gasteiger partial charge >= 0.3 is 12.3 Å². The van der Waals surface area contributed by atoms with E-state index in [4.69, 9.17) is 9.47 Å². The highest BCUT2D eigenvalue weighted by Crippen LogP contribution is 2.44. The molecule has 3 heterocycles. The Labute approximate surface area is 210 Å². The van der Waals surface area contributed by atoms with Crippen LogP contribution in [0, 0.1) is 0 Å². The largest absolute Gasteiger partial charge is 0.586 e. The van der Waals surface area contributed by atoms with Gasteiger partial charge in [0.05, 0.1) is 31.6 Å². The number of hydrogen-bond donors (Lipinski definition) is 3. The molecule has 3 N–H and O–H groups in total. The normalized spacial score (nSPS) is 17.1. The second-order valence-corrected chi connectivity index (χ2v) is 8.31. The minimum absolute atomic E-state index is 0.0627. The van der Waals surface area contributed by atoms with E-state index in [9.17, 15) is 23.5 Å². The number of nitrogens with one attached hydrogen (secondary N) is 2. The first-order chi connectivity index (χ1) is 17.6. The van der Waals surface area contributed by atoms with Crippen molar-refractivity contribution in [2.45, 2.75) is 25.7 Å². The molecule has 4 rings (SSSR count). The number of carbonyl (C=O) groups is 2. The number of ether oxygens (including phenoxy) is 4. The number of hydrogen-bond acceptors (Lipinski definition) is 10. The molecule has 37 heavy (non-hydrogen) atoms. The molecule has 14 heteroatoms. The molecule has 1 atom stereocenters. The van der Waals surface area contributed by atoms with Gasteiger partial charge in [0.1, 0.15) is 17.7 Å². The highest BCUT2D eigenvalue weighted by molar-refractivity contribution is 6.11. The van der Waals surface area contributed by atoms with Crippen LogP contribution in [0.3, 0.4) is 0 Å². The van der Waals surface area contributed by atoms with Gasteiger partial charge in [0, 0.05) is 43.4 Å². The molecule has 0 radical (unpaired) electrons. The Morgan fingerprint density at radius 1 is 1.22 bits per heavy atom. The van der Waals surface area contributed by atoms with Crippen molar-refractivity contribution < 1.29 is 42.4 Å². The SMILES string of the molecule is C=C(CC(C)N1CCOCC1)Nc1ncnc(OC)c1C(=O)Nc1cc2c(cc1C(=O)O)OC(F)(F)O2. The number of methoxy groups -OCH3 is 1. The van der Waals surface area contributed by atoms with E-state index in [0.29, 0.717) is 25.3 Å². The summed E-state index contributed by atoms with van der Waals surface area (Å²) in [4.78, 5) is 35.4. The number of carbonyl (C=O) groups excluding carboxylic acids is 1. The third-order valence-corrected chi connectivity index (χ3v) is 5.76. The van der Waals surface area contributed by atoms with Gasteiger partial charge in [-0.2, -0.15) is 0 Å². The Morgan fingerprint density at radius 2 is 1.89 bits per heavy atom. The molecule has 1 amide bonds. The number of aromatic carboxylic acids is 1. The number of carboxylic acids is 1. The molecule has 1 saturated heterocycles. The maximum atomic E-state index is 13.5. The summed E-state index contributed by atoms with van der Waals surface area (Å²) < 4.78 is 46.2. The third-order valence-electron chi connectivity index (χ3n) is 5.76. The van der Waals surface area contributed by atoms with Crippen LogP contribution in [-0.4, -0.2) is 77.6 Å². The Bertz CT molecular complexity index is 1220. The van der Waals surface area contributed by atoms with Gasteiger partial charge in [0.15, 0.2) is 11.5 Å². The number of alkyl halides is 2. The number of rotatable bonds is 9. The molecule has 1 aromatic carbocycles. The smallest absolute Gasteiger partial charge is 0.480 e. The number of amides is 1. The zero-order chi connectivity index (χ0) is 26.7. The van der Waals surface area contributed by atoms with Gasteiger partial charge in [-0.25, -0.2) is 14.8 Å². The van der Waals surface area contributed by atoms with Crippen LogP contribution >= 0.6 is 0 Å². The van der Waals surface area contributed by atoms with Gasteiger partial charge < -0.3 is 34.7 Å². The first-order valence-electron chi connectivity index (χ1n) is 11.2. The summed E-state index contributed by atoms with van der Waals surface area (Å²) in [7, 11) is 1.30. The Hall–Kier alpha value is -4.04. The number of aromatic nitrogens is 2. The van der Waals surface area contributed by atoms with Gasteiger partial charge in [0.25, 0.3) is 5.91 Å². The first-order valence-corrected chi connectivity index (χ1v) is 11.2. The maximum absolute atomic E-state index is 13.5. The molecule has 0 spiro atoms. The predicted octanol–water partition coefficient (Wildman–Crippen LogP) is 2.79. The Kier molecular flexibility index (Phi) is 7.40. The van der Waals surface area contributed by atoms with E-state index in [-0.39, 0.29) is 29.0 Å². The van der Waals surface area contributed by atoms with Crippen molar-refractivity contribution in [2.24, 2.45) is 0 Å². The number of anilines is 2. The van der Waals surface area contributed by atoms with E-state index in [1.165, 1.54) is 13.4 Å². The number of carboxylic acid groups (broad SMARTS) is 1. The fourth-order valence-electron chi connectivity index (χ4n) is 4.01. The maximum Gasteiger partial charge on any atom is 0.586 e. The number of morpholine rings is 1. The summed E-state index contributed by atoms with van der Waals surface area (Å²) in [5.41, 5.74) is -0.397. The van der Waals surface area contributed by atoms with Gasteiger partial charge in [-0.05, 0) is 6.92 Å². The lowest BCUT2D eigenvalue weighted by molar-refractivity contribution is -0.286. The number of fused-ring (bicyclic) bond motifs is 1. The van der Waals surface area contributed by atoms with Crippen molar-refractivity contribution in [1.29, 1.82) is 0 Å². The van der Waals surface area contributed by atoms with Gasteiger partial charge in [-0.15, -0.1) is 8.78 Å². The van der Waals surface area contributed by atoms with E-state index in [2.05, 4.69) is 41.6 Å². The molecular formula is C23H25F2N5O7. The molecule has 1 fully saturated rings. The minimum atomic E-state index is -3.97. The van der Waals surface area contributed by atoms with Gasteiger partial charge in [-0.1, -0.05) is 6.58 Å². The first kappa shape index (κ1) is 26.0. The monoisotopic (exact) mass is 521 g/mol. The van der Waals surface area contributed by atoms with Crippen LogP contribution in [0.2, 0.25) is 0 Å². The quantitative estimate of drug-likeness (QED) is 0.448. The Balaban J connectivity index is 1.57. The molecule has 1 unspecified atom stereocenters. The van der Waals surface area contributed by atoms with Gasteiger partial charge in [0.2, 0.25) is 5.88 Å². The van der Waals surface area contributed by atoms with Crippen molar-refractivity contribution in [3.05, 3.63) is 41.9 Å². The topological polar surface area (TPSA) is 144 Å². The van der Waals surface area contributed by atoms with E-state index in [0.717, 1.165) is 25.2 Å². The fraction of sp³-hybridized carbons (Fsp3) is 0.391. The zero-order valence-corrected chi connectivity index (χ0v) is 20.0. The van der Waals surface area contributed by atoms with Crippen LogP contribution in [-0.2, 0) is 4.74 Å². The average molecular weight is 521 g/mol. The number of nitrogens with zero attached hydrogens (tertiary/aromatic N) is 3. The third kappa shape index (κ3) is 5.86. The van der Waals surface area contributed by atoms with Crippen LogP contribution in [0.4, 0.5) is 20.3 Å². The summed E-state index contributed by atoms with van der Waals surface area (Å²) >= 11 is 0. The van der Waals surface area contributed by atoms with E-state index in [1.807, 2.05) is 6.92 Å². The highest BCUT2D eigenvalue weighted by atomic mass is 19.3. The van der Waals surface area contributed by atoms with E-state index < -0.39 is 35.2 Å². The molecule has 12 nitrogen and oxygen atoms in total. The summed E-state index contributed by atoms with van der Waals surface area (Å²) in [6.45, 7) is 8.95. The van der Waals surface area contributed by atoms with E-state index in [1.54, 1.807) is 0 Å². The lowest BCUT2D eigenvalue weighted by Crippen LogP contribution is -2.42. The number of halogens is 2. The lowest BCUT2D eigenvalue weighted by Gasteiger charge is -2.32. The highest BCUT2D eigenvalue weighted by Gasteiger charge is 2.44. The van der Waals surface area contributed by atoms with Gasteiger partial charge in [-0.3, -0.25) is 9.69 Å². The molecule has 2 aromatic rings. The molecular weight excluding hydrogens is 496 g/mol. The lowest BCUT2D eigenvalue weighted by atomic mass is 10.1. The van der Waals surface area contributed by atoms with Crippen LogP contribution in [0.1, 0.15) is 34.1 Å². The minimum Gasteiger partial charge on any atom is -0.480 e. The summed E-state index contributed by atoms with van der Waals surface area (Å²) in [6.07, 6.45) is -2.25. The van der Waals surface area contributed by atoms with Crippen LogP contribution < -0.4 is 24.8 Å². The molecule has 2 aliphatic rings. The van der Waals surface area contributed by atoms with Crippen molar-refractivity contribution in [2.75, 3.05) is 44.0 Å². The van der Waals surface area contributed by atoms with Crippen molar-refractivity contribution in [1.82, 2.24) is 14.9 Å². The molecule has 0 saturated carbocycles. The summed E-state index contributed by atoms with van der Waals surface area (Å²) in [5, 5.41) is 15.0. The summed E-state index contributed by atoms with van der Waals surface area (Å²) in [5.74, 6) is -3.31. The number of benzene rings is 1. The Morgan fingerprint density at radius 3 is 2.54 bits per heavy atom. The van der Waals surface area contributed by atoms with Crippen molar-refractivity contribution in [3.63, 3.8) is 0 Å². The fourth-order valence-corrected chi connectivity index (χ4v) is 4.01. The van der Waals surface area contributed by atoms with Crippen molar-refractivity contribution in [3.8, 4) is 17.4 Å². The van der Waals surface area contributed by atoms with Crippen LogP contribution in [0.5, 0.6) is 17.4 Å². The second kappa shape index (κ2) is 10.5. The second-order valence-electron chi connectivity index (χ2n) is 8.31. The molecule has 0 bridgehead atoms. The predicted molar refractivity (Wildman–Crippen MR) is 125 cm³/mol. The van der Waals surface area contributed by atoms with Crippen molar-refractivity contribution >= 4 is 23.4 Å². The molecule has 0 aliphatic carbocycles. The van der Waals surface area contributed by atoms with E-state index >= 15 is 0 Å². The molecule has 2 aliphatic heterocycles. The van der Waals surface area contributed by atoms with Crippen LogP contribution in [0.15, 0.2) is 30.7 Å². The molecule has 1 aromatic heterocycles. The van der Waals surface area contributed by atoms with Crippen LogP contribution in [0.25, 0.3) is 0 Å². The summed E-state index contributed by atoms with van der Waals surface area (Å²) in [6, 6.07) is 1.90. The standard InChI is InChI=1S/C23H25F2N5O7/c1-12(8-13(2)30-4-6-35-7-5-30)28-19-18(21(34-3)27-11-26-19)20(31)29-15-10-17-16(9-14(15)22(32)33)36-23(24,25)37-17/h9-11,13H,1,4-8H2,2-3H3,(H,29,31)(H,32,33)(H,26,27,28). The average Bonchev–Trinajstić information content (AvgIpc) is 3.16.